The minimum Gasteiger partial charge on any atom is -0.492 e. The molecule has 0 bridgehead atoms. The molecule has 8 heteroatoms. The average Bonchev–Trinajstić information content (AvgIpc) is 3.33. The fourth-order valence-corrected chi connectivity index (χ4v) is 3.67. The summed E-state index contributed by atoms with van der Waals surface area (Å²) in [6.07, 6.45) is 0.329. The number of hydrogen-bond acceptors (Lipinski definition) is 5. The van der Waals surface area contributed by atoms with Gasteiger partial charge in [-0.1, -0.05) is 32.0 Å². The quantitative estimate of drug-likeness (QED) is 0.401. The van der Waals surface area contributed by atoms with Crippen LogP contribution in [0.5, 0.6) is 5.75 Å². The smallest absolute Gasteiger partial charge is 0.221 e. The van der Waals surface area contributed by atoms with Crippen molar-refractivity contribution < 1.29 is 9.53 Å². The zero-order valence-electron chi connectivity index (χ0n) is 16.0. The normalized spacial score (nSPS) is 11.0. The minimum absolute atomic E-state index is 0.0426. The van der Waals surface area contributed by atoms with Gasteiger partial charge in [-0.2, -0.15) is 5.10 Å². The molecule has 0 aliphatic heterocycles. The van der Waals surface area contributed by atoms with Crippen molar-refractivity contribution in [2.24, 2.45) is 0 Å². The van der Waals surface area contributed by atoms with Crippen molar-refractivity contribution in [1.82, 2.24) is 20.1 Å². The van der Waals surface area contributed by atoms with Gasteiger partial charge in [-0.05, 0) is 47.3 Å². The Bertz CT molecular complexity index is 944. The summed E-state index contributed by atoms with van der Waals surface area (Å²) in [4.78, 5) is 13.2. The molecule has 0 saturated carbocycles. The van der Waals surface area contributed by atoms with Crippen molar-refractivity contribution in [3.63, 3.8) is 0 Å². The Balaban J connectivity index is 1.42. The van der Waals surface area contributed by atoms with Gasteiger partial charge < -0.3 is 10.1 Å². The first-order valence-corrected chi connectivity index (χ1v) is 10.5. The Hall–Kier alpha value is -2.45. The Labute approximate surface area is 173 Å². The van der Waals surface area contributed by atoms with Crippen molar-refractivity contribution in [3.05, 3.63) is 52.1 Å². The van der Waals surface area contributed by atoms with Crippen LogP contribution in [0.4, 0.5) is 0 Å². The number of thiophene rings is 1. The second-order valence-corrected chi connectivity index (χ2v) is 7.99. The molecular formula is C20H24N4O2S2. The summed E-state index contributed by atoms with van der Waals surface area (Å²) in [7, 11) is 0. The van der Waals surface area contributed by atoms with E-state index in [1.807, 2.05) is 34.2 Å². The van der Waals surface area contributed by atoms with E-state index in [2.05, 4.69) is 41.5 Å². The standard InChI is InChI=1S/C20H24N4O2S2/c1-14(2)15-5-7-16(8-6-15)26-12-10-21-18(25)9-11-24-19(22-23-20(24)27)17-4-3-13-28-17/h3-8,13-14H,9-12H2,1-2H3,(H,21,25)(H,23,27). The highest BCUT2D eigenvalue weighted by Crippen LogP contribution is 2.23. The molecule has 0 unspecified atom stereocenters. The summed E-state index contributed by atoms with van der Waals surface area (Å²) in [5.74, 6) is 2.03. The minimum atomic E-state index is -0.0426. The molecule has 28 heavy (non-hydrogen) atoms. The van der Waals surface area contributed by atoms with Gasteiger partial charge >= 0.3 is 0 Å². The van der Waals surface area contributed by atoms with E-state index in [9.17, 15) is 4.79 Å². The predicted molar refractivity (Wildman–Crippen MR) is 114 cm³/mol. The molecule has 0 aliphatic rings. The van der Waals surface area contributed by atoms with E-state index in [1.54, 1.807) is 11.3 Å². The molecule has 2 heterocycles. The number of carbonyl (C=O) groups excluding carboxylic acids is 1. The van der Waals surface area contributed by atoms with Crippen molar-refractivity contribution in [2.45, 2.75) is 32.7 Å². The van der Waals surface area contributed by atoms with Crippen LogP contribution in [0.1, 0.15) is 31.7 Å². The van der Waals surface area contributed by atoms with E-state index in [0.717, 1.165) is 16.5 Å². The summed E-state index contributed by atoms with van der Waals surface area (Å²) < 4.78 is 8.05. The molecule has 3 rings (SSSR count). The lowest BCUT2D eigenvalue weighted by atomic mass is 10.0. The third-order valence-electron chi connectivity index (χ3n) is 4.30. The monoisotopic (exact) mass is 416 g/mol. The first-order valence-electron chi connectivity index (χ1n) is 9.23. The molecule has 0 atom stereocenters. The predicted octanol–water partition coefficient (Wildman–Crippen LogP) is 4.38. The molecule has 2 N–H and O–H groups in total. The molecule has 0 aliphatic carbocycles. The zero-order chi connectivity index (χ0) is 19.9. The topological polar surface area (TPSA) is 71.9 Å². The molecule has 0 saturated heterocycles. The summed E-state index contributed by atoms with van der Waals surface area (Å²) in [5, 5.41) is 11.9. The molecular weight excluding hydrogens is 392 g/mol. The van der Waals surface area contributed by atoms with Gasteiger partial charge in [0.15, 0.2) is 10.6 Å². The van der Waals surface area contributed by atoms with E-state index in [1.165, 1.54) is 5.56 Å². The van der Waals surface area contributed by atoms with Gasteiger partial charge in [0.2, 0.25) is 5.91 Å². The molecule has 2 aromatic heterocycles. The van der Waals surface area contributed by atoms with E-state index in [4.69, 9.17) is 17.0 Å². The SMILES string of the molecule is CC(C)c1ccc(OCCNC(=O)CCn2c(-c3cccs3)n[nH]c2=S)cc1. The molecule has 0 fully saturated rings. The van der Waals surface area contributed by atoms with Gasteiger partial charge in [0.05, 0.1) is 11.4 Å². The van der Waals surface area contributed by atoms with Crippen LogP contribution >= 0.6 is 23.6 Å². The molecule has 3 aromatic rings. The van der Waals surface area contributed by atoms with Gasteiger partial charge in [-0.15, -0.1) is 11.3 Å². The van der Waals surface area contributed by atoms with Crippen LogP contribution in [0.2, 0.25) is 0 Å². The highest BCUT2D eigenvalue weighted by Gasteiger charge is 2.11. The van der Waals surface area contributed by atoms with Crippen molar-refractivity contribution in [2.75, 3.05) is 13.2 Å². The van der Waals surface area contributed by atoms with Crippen LogP contribution in [0, 0.1) is 4.77 Å². The number of aromatic nitrogens is 3. The fourth-order valence-electron chi connectivity index (χ4n) is 2.73. The van der Waals surface area contributed by atoms with Crippen LogP contribution in [-0.4, -0.2) is 33.8 Å². The van der Waals surface area contributed by atoms with Crippen molar-refractivity contribution in [1.29, 1.82) is 0 Å². The third kappa shape index (κ3) is 5.30. The van der Waals surface area contributed by atoms with Crippen LogP contribution < -0.4 is 10.1 Å². The number of ether oxygens (including phenoxy) is 1. The van der Waals surface area contributed by atoms with Crippen LogP contribution in [0.25, 0.3) is 10.7 Å². The van der Waals surface area contributed by atoms with E-state index in [-0.39, 0.29) is 5.91 Å². The van der Waals surface area contributed by atoms with Crippen LogP contribution in [-0.2, 0) is 11.3 Å². The number of hydrogen-bond donors (Lipinski definition) is 2. The number of amides is 1. The average molecular weight is 417 g/mol. The maximum atomic E-state index is 12.1. The van der Waals surface area contributed by atoms with E-state index in [0.29, 0.717) is 36.8 Å². The van der Waals surface area contributed by atoms with Crippen LogP contribution in [0.15, 0.2) is 41.8 Å². The number of aromatic amines is 1. The lowest BCUT2D eigenvalue weighted by molar-refractivity contribution is -0.121. The van der Waals surface area contributed by atoms with Gasteiger partial charge in [0, 0.05) is 13.0 Å². The van der Waals surface area contributed by atoms with Crippen LogP contribution in [0.3, 0.4) is 0 Å². The Kier molecular flexibility index (Phi) is 7.00. The molecule has 6 nitrogen and oxygen atoms in total. The second kappa shape index (κ2) is 9.66. The molecule has 0 radical (unpaired) electrons. The zero-order valence-corrected chi connectivity index (χ0v) is 17.6. The number of carbonyl (C=O) groups is 1. The maximum absolute atomic E-state index is 12.1. The largest absolute Gasteiger partial charge is 0.492 e. The first kappa shape index (κ1) is 20.3. The number of benzene rings is 1. The fraction of sp³-hybridized carbons (Fsp3) is 0.350. The number of nitrogens with zero attached hydrogens (tertiary/aromatic N) is 2. The van der Waals surface area contributed by atoms with E-state index >= 15 is 0 Å². The Morgan fingerprint density at radius 3 is 2.79 bits per heavy atom. The molecule has 0 spiro atoms. The summed E-state index contributed by atoms with van der Waals surface area (Å²) >= 11 is 6.87. The summed E-state index contributed by atoms with van der Waals surface area (Å²) in [5.41, 5.74) is 1.28. The van der Waals surface area contributed by atoms with Gasteiger partial charge in [-0.3, -0.25) is 14.5 Å². The second-order valence-electron chi connectivity index (χ2n) is 6.65. The highest BCUT2D eigenvalue weighted by molar-refractivity contribution is 7.71. The Morgan fingerprint density at radius 1 is 1.32 bits per heavy atom. The van der Waals surface area contributed by atoms with Gasteiger partial charge in [-0.25, -0.2) is 0 Å². The highest BCUT2D eigenvalue weighted by atomic mass is 32.1. The Morgan fingerprint density at radius 2 is 2.11 bits per heavy atom. The lowest BCUT2D eigenvalue weighted by Gasteiger charge is -2.10. The number of H-pyrrole nitrogens is 1. The first-order chi connectivity index (χ1) is 13.5. The van der Waals surface area contributed by atoms with Crippen molar-refractivity contribution >= 4 is 29.5 Å². The summed E-state index contributed by atoms with van der Waals surface area (Å²) in [6.45, 7) is 5.68. The molecule has 1 amide bonds. The van der Waals surface area contributed by atoms with E-state index < -0.39 is 0 Å². The molecule has 1 aromatic carbocycles. The maximum Gasteiger partial charge on any atom is 0.221 e. The van der Waals surface area contributed by atoms with Gasteiger partial charge in [0.1, 0.15) is 12.4 Å². The lowest BCUT2D eigenvalue weighted by Crippen LogP contribution is -2.28. The molecule has 148 valence electrons. The number of nitrogens with one attached hydrogen (secondary N) is 2. The van der Waals surface area contributed by atoms with Gasteiger partial charge in [0.25, 0.3) is 0 Å². The summed E-state index contributed by atoms with van der Waals surface area (Å²) in [6, 6.07) is 12.0. The third-order valence-corrected chi connectivity index (χ3v) is 5.48. The van der Waals surface area contributed by atoms with Crippen molar-refractivity contribution in [3.8, 4) is 16.5 Å². The number of rotatable bonds is 9.